The topological polar surface area (TPSA) is 59.1 Å². The third-order valence-electron chi connectivity index (χ3n) is 3.67. The highest BCUT2D eigenvalue weighted by atomic mass is 32.1. The average molecular weight is 290 g/mol. The van der Waals surface area contributed by atoms with E-state index in [1.807, 2.05) is 26.0 Å². The van der Waals surface area contributed by atoms with Crippen LogP contribution in [0.1, 0.15) is 27.2 Å². The number of fused-ring (bicyclic) bond motifs is 1. The Morgan fingerprint density at radius 2 is 2.05 bits per heavy atom. The molecule has 0 saturated carbocycles. The number of carbonyl (C=O) groups excluding carboxylic acids is 1. The Bertz CT molecular complexity index is 681. The fraction of sp³-hybridized carbons (Fsp3) is 0.400. The second kappa shape index (κ2) is 6.13. The van der Waals surface area contributed by atoms with Crippen molar-refractivity contribution >= 4 is 32.5 Å². The van der Waals surface area contributed by atoms with E-state index in [4.69, 9.17) is 0 Å². The van der Waals surface area contributed by atoms with Crippen molar-refractivity contribution in [3.05, 3.63) is 34.6 Å². The van der Waals surface area contributed by atoms with E-state index < -0.39 is 0 Å². The lowest BCUT2D eigenvalue weighted by atomic mass is 9.93. The summed E-state index contributed by atoms with van der Waals surface area (Å²) in [4.78, 5) is 27.9. The van der Waals surface area contributed by atoms with Crippen molar-refractivity contribution in [2.45, 2.75) is 27.2 Å². The van der Waals surface area contributed by atoms with Crippen molar-refractivity contribution in [3.8, 4) is 0 Å². The van der Waals surface area contributed by atoms with Crippen LogP contribution in [0.5, 0.6) is 0 Å². The van der Waals surface area contributed by atoms with Crippen molar-refractivity contribution in [1.82, 2.24) is 4.98 Å². The highest BCUT2D eigenvalue weighted by Crippen LogP contribution is 2.22. The van der Waals surface area contributed by atoms with Crippen LogP contribution in [0.3, 0.4) is 0 Å². The number of rotatable bonds is 4. The van der Waals surface area contributed by atoms with Crippen molar-refractivity contribution < 1.29 is 4.79 Å². The molecule has 1 aromatic carbocycles. The van der Waals surface area contributed by atoms with Crippen LogP contribution < -0.4 is 10.9 Å². The molecular formula is C15H18N2O2S. The number of aromatic nitrogens is 1. The molecule has 0 saturated heterocycles. The standard InChI is InChI=1S/C15H18N2O2S/c1-4-9(2)10(3)13(18)16-15-17-14(19)11-7-5-6-8-12(11)20-15/h5-10H,4H2,1-3H3,(H,16,17,18,19)/t9-,10+/m0/s1. The molecule has 4 nitrogen and oxygen atoms in total. The zero-order valence-corrected chi connectivity index (χ0v) is 12.7. The first kappa shape index (κ1) is 14.7. The van der Waals surface area contributed by atoms with Crippen LogP contribution in [0.4, 0.5) is 5.13 Å². The Morgan fingerprint density at radius 1 is 1.35 bits per heavy atom. The first-order chi connectivity index (χ1) is 9.52. The molecule has 2 aromatic rings. The lowest BCUT2D eigenvalue weighted by molar-refractivity contribution is -0.120. The van der Waals surface area contributed by atoms with E-state index in [1.165, 1.54) is 11.3 Å². The van der Waals surface area contributed by atoms with E-state index in [0.717, 1.165) is 11.1 Å². The molecular weight excluding hydrogens is 272 g/mol. The molecule has 1 N–H and O–H groups in total. The van der Waals surface area contributed by atoms with Crippen molar-refractivity contribution in [2.24, 2.45) is 11.8 Å². The third kappa shape index (κ3) is 3.04. The quantitative estimate of drug-likeness (QED) is 0.940. The third-order valence-corrected chi connectivity index (χ3v) is 4.63. The predicted octanol–water partition coefficient (Wildman–Crippen LogP) is 3.28. The molecule has 0 radical (unpaired) electrons. The minimum Gasteiger partial charge on any atom is -0.302 e. The van der Waals surface area contributed by atoms with Gasteiger partial charge in [0.2, 0.25) is 5.91 Å². The van der Waals surface area contributed by atoms with Crippen LogP contribution in [0.25, 0.3) is 10.1 Å². The highest BCUT2D eigenvalue weighted by molar-refractivity contribution is 7.21. The summed E-state index contributed by atoms with van der Waals surface area (Å²) in [5, 5.41) is 3.72. The van der Waals surface area contributed by atoms with Gasteiger partial charge in [-0.2, -0.15) is 4.98 Å². The minimum atomic E-state index is -0.300. The summed E-state index contributed by atoms with van der Waals surface area (Å²) < 4.78 is 0.832. The summed E-state index contributed by atoms with van der Waals surface area (Å²) in [5.41, 5.74) is -0.300. The summed E-state index contributed by atoms with van der Waals surface area (Å²) in [5.74, 6) is 0.112. The lowest BCUT2D eigenvalue weighted by Crippen LogP contribution is -2.26. The summed E-state index contributed by atoms with van der Waals surface area (Å²) >= 11 is 1.32. The lowest BCUT2D eigenvalue weighted by Gasteiger charge is -2.17. The van der Waals surface area contributed by atoms with E-state index in [-0.39, 0.29) is 17.4 Å². The Balaban J connectivity index is 2.26. The molecule has 0 aliphatic heterocycles. The van der Waals surface area contributed by atoms with Gasteiger partial charge in [-0.25, -0.2) is 0 Å². The molecule has 2 rings (SSSR count). The van der Waals surface area contributed by atoms with Crippen LogP contribution in [0.2, 0.25) is 0 Å². The van der Waals surface area contributed by atoms with Crippen molar-refractivity contribution in [2.75, 3.05) is 5.32 Å². The maximum atomic E-state index is 12.1. The molecule has 1 heterocycles. The number of amides is 1. The summed E-state index contributed by atoms with van der Waals surface area (Å²) in [7, 11) is 0. The molecule has 106 valence electrons. The first-order valence-electron chi connectivity index (χ1n) is 6.73. The number of hydrogen-bond acceptors (Lipinski definition) is 4. The summed E-state index contributed by atoms with van der Waals surface area (Å²) in [6, 6.07) is 7.28. The van der Waals surface area contributed by atoms with Crippen LogP contribution in [-0.4, -0.2) is 10.9 Å². The maximum Gasteiger partial charge on any atom is 0.281 e. The van der Waals surface area contributed by atoms with E-state index >= 15 is 0 Å². The predicted molar refractivity (Wildman–Crippen MR) is 83.1 cm³/mol. The maximum absolute atomic E-state index is 12.1. The van der Waals surface area contributed by atoms with Gasteiger partial charge in [0.15, 0.2) is 5.13 Å². The second-order valence-electron chi connectivity index (χ2n) is 4.98. The number of benzene rings is 1. The molecule has 0 fully saturated rings. The average Bonchev–Trinajstić information content (AvgIpc) is 2.45. The molecule has 0 aliphatic carbocycles. The van der Waals surface area contributed by atoms with Gasteiger partial charge < -0.3 is 5.32 Å². The first-order valence-corrected chi connectivity index (χ1v) is 7.55. The van der Waals surface area contributed by atoms with Crippen LogP contribution in [0.15, 0.2) is 29.1 Å². The Morgan fingerprint density at radius 3 is 2.75 bits per heavy atom. The largest absolute Gasteiger partial charge is 0.302 e. The van der Waals surface area contributed by atoms with Crippen molar-refractivity contribution in [1.29, 1.82) is 0 Å². The smallest absolute Gasteiger partial charge is 0.281 e. The zero-order valence-electron chi connectivity index (χ0n) is 11.8. The Labute approximate surface area is 121 Å². The normalized spacial score (nSPS) is 13.9. The highest BCUT2D eigenvalue weighted by Gasteiger charge is 2.19. The van der Waals surface area contributed by atoms with E-state index in [9.17, 15) is 9.59 Å². The number of nitrogens with one attached hydrogen (secondary N) is 1. The van der Waals surface area contributed by atoms with Gasteiger partial charge in [-0.3, -0.25) is 9.59 Å². The number of anilines is 1. The van der Waals surface area contributed by atoms with Gasteiger partial charge in [0, 0.05) is 10.6 Å². The molecule has 1 amide bonds. The molecule has 0 aliphatic rings. The van der Waals surface area contributed by atoms with Crippen LogP contribution in [-0.2, 0) is 4.79 Å². The zero-order chi connectivity index (χ0) is 14.7. The van der Waals surface area contributed by atoms with E-state index in [1.54, 1.807) is 12.1 Å². The molecule has 2 atom stereocenters. The monoisotopic (exact) mass is 290 g/mol. The van der Waals surface area contributed by atoms with E-state index in [0.29, 0.717) is 16.4 Å². The molecule has 0 bridgehead atoms. The van der Waals surface area contributed by atoms with E-state index in [2.05, 4.69) is 17.2 Å². The van der Waals surface area contributed by atoms with Gasteiger partial charge in [-0.1, -0.05) is 50.7 Å². The molecule has 0 unspecified atom stereocenters. The van der Waals surface area contributed by atoms with Crippen molar-refractivity contribution in [3.63, 3.8) is 0 Å². The van der Waals surface area contributed by atoms with Crippen LogP contribution in [0, 0.1) is 11.8 Å². The number of nitrogens with zero attached hydrogens (tertiary/aromatic N) is 1. The fourth-order valence-electron chi connectivity index (χ4n) is 1.90. The Hall–Kier alpha value is -1.75. The Kier molecular flexibility index (Phi) is 4.49. The van der Waals surface area contributed by atoms with Gasteiger partial charge >= 0.3 is 0 Å². The number of carbonyl (C=O) groups is 1. The summed E-state index contributed by atoms with van der Waals surface area (Å²) in [6.45, 7) is 5.99. The van der Waals surface area contributed by atoms with Gasteiger partial charge in [0.1, 0.15) is 0 Å². The molecule has 20 heavy (non-hydrogen) atoms. The van der Waals surface area contributed by atoms with Gasteiger partial charge in [0.25, 0.3) is 5.56 Å². The summed E-state index contributed by atoms with van der Waals surface area (Å²) in [6.07, 6.45) is 0.940. The van der Waals surface area contributed by atoms with Gasteiger partial charge in [-0.15, -0.1) is 0 Å². The fourth-order valence-corrected chi connectivity index (χ4v) is 2.80. The number of hydrogen-bond donors (Lipinski definition) is 1. The molecule has 1 aromatic heterocycles. The molecule has 0 spiro atoms. The minimum absolute atomic E-state index is 0.0854. The SMILES string of the molecule is CC[C@H](C)[C@@H](C)C(=O)Nc1nc(=O)c2ccccc2s1. The van der Waals surface area contributed by atoms with Crippen LogP contribution >= 0.6 is 11.3 Å². The second-order valence-corrected chi connectivity index (χ2v) is 6.01. The van der Waals surface area contributed by atoms with Gasteiger partial charge in [0.05, 0.1) is 5.39 Å². The molecule has 5 heteroatoms. The van der Waals surface area contributed by atoms with Gasteiger partial charge in [-0.05, 0) is 18.1 Å².